The number of rotatable bonds is 9. The third kappa shape index (κ3) is 4.79. The minimum atomic E-state index is 0.434. The molecule has 0 aliphatic rings. The van der Waals surface area contributed by atoms with Crippen molar-refractivity contribution < 1.29 is 18.9 Å². The molecule has 0 atom stereocenters. The van der Waals surface area contributed by atoms with Gasteiger partial charge in [0.1, 0.15) is 24.7 Å². The van der Waals surface area contributed by atoms with Crippen LogP contribution in [0.2, 0.25) is 0 Å². The first-order chi connectivity index (χ1) is 11.3. The van der Waals surface area contributed by atoms with E-state index >= 15 is 0 Å². The van der Waals surface area contributed by atoms with Crippen molar-refractivity contribution in [3.8, 4) is 23.0 Å². The van der Waals surface area contributed by atoms with E-state index in [2.05, 4.69) is 5.32 Å². The summed E-state index contributed by atoms with van der Waals surface area (Å²) in [6.45, 7) is 1.60. The van der Waals surface area contributed by atoms with Crippen LogP contribution in [0.1, 0.15) is 5.56 Å². The summed E-state index contributed by atoms with van der Waals surface area (Å²) >= 11 is 0. The summed E-state index contributed by atoms with van der Waals surface area (Å²) in [5, 5.41) is 3.12. The van der Waals surface area contributed by atoms with Crippen molar-refractivity contribution >= 4 is 0 Å². The van der Waals surface area contributed by atoms with E-state index in [4.69, 9.17) is 18.9 Å². The molecule has 0 aliphatic carbocycles. The molecule has 5 heteroatoms. The van der Waals surface area contributed by atoms with Gasteiger partial charge in [0, 0.05) is 12.1 Å². The lowest BCUT2D eigenvalue weighted by Gasteiger charge is -2.15. The first-order valence-corrected chi connectivity index (χ1v) is 7.48. The molecule has 0 aliphatic heterocycles. The lowest BCUT2D eigenvalue weighted by atomic mass is 10.2. The maximum atomic E-state index is 5.86. The second-order valence-electron chi connectivity index (χ2n) is 4.85. The molecular formula is C18H23NO4. The average Bonchev–Trinajstić information content (AvgIpc) is 2.60. The standard InChI is InChI=1S/C18H23NO4/c1-19-13-14-5-4-6-17(21-3)18(14)23-12-11-22-16-9-7-15(20-2)8-10-16/h4-10,19H,11-13H2,1-3H3. The number of benzene rings is 2. The normalized spacial score (nSPS) is 10.2. The van der Waals surface area contributed by atoms with Gasteiger partial charge in [-0.15, -0.1) is 0 Å². The molecule has 1 N–H and O–H groups in total. The topological polar surface area (TPSA) is 49.0 Å². The van der Waals surface area contributed by atoms with Crippen molar-refractivity contribution in [2.45, 2.75) is 6.54 Å². The molecule has 0 spiro atoms. The largest absolute Gasteiger partial charge is 0.497 e. The molecule has 0 radical (unpaired) electrons. The van der Waals surface area contributed by atoms with E-state index in [9.17, 15) is 0 Å². The lowest BCUT2D eigenvalue weighted by Crippen LogP contribution is -2.13. The Morgan fingerprint density at radius 3 is 2.17 bits per heavy atom. The quantitative estimate of drug-likeness (QED) is 0.721. The third-order valence-electron chi connectivity index (χ3n) is 3.31. The number of ether oxygens (including phenoxy) is 4. The first kappa shape index (κ1) is 17.0. The summed E-state index contributed by atoms with van der Waals surface area (Å²) in [4.78, 5) is 0. The number of nitrogens with one attached hydrogen (secondary N) is 1. The molecule has 5 nitrogen and oxygen atoms in total. The first-order valence-electron chi connectivity index (χ1n) is 7.48. The molecule has 2 aromatic rings. The maximum absolute atomic E-state index is 5.86. The predicted molar refractivity (Wildman–Crippen MR) is 89.7 cm³/mol. The van der Waals surface area contributed by atoms with Gasteiger partial charge in [-0.05, 0) is 37.4 Å². The smallest absolute Gasteiger partial charge is 0.165 e. The Kier molecular flexibility index (Phi) is 6.56. The van der Waals surface area contributed by atoms with E-state index in [-0.39, 0.29) is 0 Å². The van der Waals surface area contributed by atoms with Gasteiger partial charge in [-0.3, -0.25) is 0 Å². The van der Waals surface area contributed by atoms with Crippen LogP contribution in [0.5, 0.6) is 23.0 Å². The van der Waals surface area contributed by atoms with Crippen LogP contribution in [-0.2, 0) is 6.54 Å². The second-order valence-corrected chi connectivity index (χ2v) is 4.85. The Labute approximate surface area is 137 Å². The molecule has 0 amide bonds. The van der Waals surface area contributed by atoms with Crippen LogP contribution < -0.4 is 24.3 Å². The summed E-state index contributed by atoms with van der Waals surface area (Å²) in [6, 6.07) is 13.3. The molecule has 0 saturated carbocycles. The number of hydrogen-bond donors (Lipinski definition) is 1. The Morgan fingerprint density at radius 1 is 0.826 bits per heavy atom. The molecule has 23 heavy (non-hydrogen) atoms. The maximum Gasteiger partial charge on any atom is 0.165 e. The van der Waals surface area contributed by atoms with Crippen LogP contribution in [-0.4, -0.2) is 34.5 Å². The molecule has 0 heterocycles. The summed E-state index contributed by atoms with van der Waals surface area (Å²) in [5.74, 6) is 3.06. The zero-order valence-corrected chi connectivity index (χ0v) is 13.8. The summed E-state index contributed by atoms with van der Waals surface area (Å²) < 4.78 is 22.0. The fourth-order valence-electron chi connectivity index (χ4n) is 2.19. The molecule has 0 aromatic heterocycles. The Bertz CT molecular complexity index is 598. The molecule has 0 bridgehead atoms. The Balaban J connectivity index is 1.90. The number of methoxy groups -OCH3 is 2. The zero-order valence-electron chi connectivity index (χ0n) is 13.8. The number of para-hydroxylation sites is 1. The van der Waals surface area contributed by atoms with Gasteiger partial charge >= 0.3 is 0 Å². The fraction of sp³-hybridized carbons (Fsp3) is 0.333. The molecule has 124 valence electrons. The minimum absolute atomic E-state index is 0.434. The third-order valence-corrected chi connectivity index (χ3v) is 3.31. The molecule has 2 aromatic carbocycles. The molecule has 0 saturated heterocycles. The predicted octanol–water partition coefficient (Wildman–Crippen LogP) is 2.88. The van der Waals surface area contributed by atoms with Gasteiger partial charge in [-0.2, -0.15) is 0 Å². The minimum Gasteiger partial charge on any atom is -0.497 e. The molecule has 2 rings (SSSR count). The van der Waals surface area contributed by atoms with E-state index in [1.54, 1.807) is 14.2 Å². The average molecular weight is 317 g/mol. The van der Waals surface area contributed by atoms with E-state index in [1.807, 2.05) is 49.5 Å². The van der Waals surface area contributed by atoms with Crippen molar-refractivity contribution in [3.63, 3.8) is 0 Å². The summed E-state index contributed by atoms with van der Waals surface area (Å²) in [6.07, 6.45) is 0. The van der Waals surface area contributed by atoms with E-state index in [1.165, 1.54) is 0 Å². The van der Waals surface area contributed by atoms with Crippen LogP contribution in [0.3, 0.4) is 0 Å². The van der Waals surface area contributed by atoms with Crippen LogP contribution in [0, 0.1) is 0 Å². The van der Waals surface area contributed by atoms with Gasteiger partial charge in [-0.25, -0.2) is 0 Å². The van der Waals surface area contributed by atoms with Crippen molar-refractivity contribution in [2.24, 2.45) is 0 Å². The molecular weight excluding hydrogens is 294 g/mol. The highest BCUT2D eigenvalue weighted by atomic mass is 16.5. The van der Waals surface area contributed by atoms with Crippen LogP contribution in [0.25, 0.3) is 0 Å². The van der Waals surface area contributed by atoms with E-state index < -0.39 is 0 Å². The Morgan fingerprint density at radius 2 is 1.52 bits per heavy atom. The highest BCUT2D eigenvalue weighted by Gasteiger charge is 2.10. The van der Waals surface area contributed by atoms with Crippen molar-refractivity contribution in [1.29, 1.82) is 0 Å². The van der Waals surface area contributed by atoms with Gasteiger partial charge < -0.3 is 24.3 Å². The van der Waals surface area contributed by atoms with Gasteiger partial charge in [0.2, 0.25) is 0 Å². The van der Waals surface area contributed by atoms with Crippen LogP contribution >= 0.6 is 0 Å². The SMILES string of the molecule is CNCc1cccc(OC)c1OCCOc1ccc(OC)cc1. The molecule has 0 unspecified atom stereocenters. The van der Waals surface area contributed by atoms with Gasteiger partial charge in [-0.1, -0.05) is 12.1 Å². The van der Waals surface area contributed by atoms with Crippen molar-refractivity contribution in [3.05, 3.63) is 48.0 Å². The summed E-state index contributed by atoms with van der Waals surface area (Å²) in [7, 11) is 5.18. The van der Waals surface area contributed by atoms with Crippen LogP contribution in [0.4, 0.5) is 0 Å². The number of hydrogen-bond acceptors (Lipinski definition) is 5. The Hall–Kier alpha value is -2.40. The van der Waals surface area contributed by atoms with Crippen molar-refractivity contribution in [2.75, 3.05) is 34.5 Å². The highest BCUT2D eigenvalue weighted by molar-refractivity contribution is 5.46. The van der Waals surface area contributed by atoms with Gasteiger partial charge in [0.15, 0.2) is 11.5 Å². The zero-order chi connectivity index (χ0) is 16.5. The highest BCUT2D eigenvalue weighted by Crippen LogP contribution is 2.31. The van der Waals surface area contributed by atoms with Gasteiger partial charge in [0.25, 0.3) is 0 Å². The van der Waals surface area contributed by atoms with Crippen molar-refractivity contribution in [1.82, 2.24) is 5.32 Å². The van der Waals surface area contributed by atoms with E-state index in [0.717, 1.165) is 28.6 Å². The monoisotopic (exact) mass is 317 g/mol. The van der Waals surface area contributed by atoms with Crippen LogP contribution in [0.15, 0.2) is 42.5 Å². The van der Waals surface area contributed by atoms with Gasteiger partial charge in [0.05, 0.1) is 14.2 Å². The summed E-state index contributed by atoms with van der Waals surface area (Å²) in [5.41, 5.74) is 1.05. The fourth-order valence-corrected chi connectivity index (χ4v) is 2.19. The van der Waals surface area contributed by atoms with E-state index in [0.29, 0.717) is 19.8 Å². The lowest BCUT2D eigenvalue weighted by molar-refractivity contribution is 0.209. The second kappa shape index (κ2) is 8.90. The molecule has 0 fully saturated rings.